The molecule has 2 heterocycles. The lowest BCUT2D eigenvalue weighted by molar-refractivity contribution is -0.00455. The third-order valence-electron chi connectivity index (χ3n) is 3.85. The van der Waals surface area contributed by atoms with E-state index in [9.17, 15) is 15.0 Å². The van der Waals surface area contributed by atoms with Crippen LogP contribution in [0.2, 0.25) is 0 Å². The first-order valence-electron chi connectivity index (χ1n) is 7.11. The second kappa shape index (κ2) is 5.82. The maximum absolute atomic E-state index is 12.5. The van der Waals surface area contributed by atoms with Crippen LogP contribution in [0.1, 0.15) is 16.8 Å². The fourth-order valence-electron chi connectivity index (χ4n) is 2.58. The quantitative estimate of drug-likeness (QED) is 0.872. The number of aliphatic hydroxyl groups excluding tert-OH is 1. The van der Waals surface area contributed by atoms with Crippen LogP contribution in [-0.4, -0.2) is 56.3 Å². The van der Waals surface area contributed by atoms with Crippen molar-refractivity contribution in [2.45, 2.75) is 12.0 Å². The monoisotopic (exact) mass is 299 g/mol. The summed E-state index contributed by atoms with van der Waals surface area (Å²) in [6.07, 6.45) is 3.69. The second-order valence-corrected chi connectivity index (χ2v) is 5.51. The highest BCUT2D eigenvalue weighted by molar-refractivity contribution is 5.95. The van der Waals surface area contributed by atoms with Gasteiger partial charge in [0, 0.05) is 30.1 Å². The number of benzene rings is 1. The molecule has 1 atom stereocenters. The van der Waals surface area contributed by atoms with E-state index >= 15 is 0 Å². The lowest BCUT2D eigenvalue weighted by Crippen LogP contribution is -2.38. The standard InChI is InChI=1S/C16H17N3O3/c20-11-16(22)5-8-19(10-16)15(21)13-4-1-3-12(9-13)14-17-6-2-7-18-14/h1-4,6-7,9,20,22H,5,8,10-11H2. The van der Waals surface area contributed by atoms with Gasteiger partial charge in [0.15, 0.2) is 5.82 Å². The molecule has 6 nitrogen and oxygen atoms in total. The first kappa shape index (κ1) is 14.6. The minimum Gasteiger partial charge on any atom is -0.393 e. The van der Waals surface area contributed by atoms with Gasteiger partial charge in [-0.3, -0.25) is 4.79 Å². The lowest BCUT2D eigenvalue weighted by Gasteiger charge is -2.21. The van der Waals surface area contributed by atoms with Crippen LogP contribution < -0.4 is 0 Å². The van der Waals surface area contributed by atoms with Gasteiger partial charge in [-0.25, -0.2) is 9.97 Å². The van der Waals surface area contributed by atoms with E-state index in [0.717, 1.165) is 5.56 Å². The fraction of sp³-hybridized carbons (Fsp3) is 0.312. The van der Waals surface area contributed by atoms with Crippen LogP contribution in [0, 0.1) is 0 Å². The minimum absolute atomic E-state index is 0.147. The van der Waals surface area contributed by atoms with Crippen molar-refractivity contribution >= 4 is 5.91 Å². The van der Waals surface area contributed by atoms with Gasteiger partial charge in [0.1, 0.15) is 5.60 Å². The Bertz CT molecular complexity index is 677. The molecule has 0 saturated carbocycles. The number of hydrogen-bond acceptors (Lipinski definition) is 5. The lowest BCUT2D eigenvalue weighted by atomic mass is 10.1. The fourth-order valence-corrected chi connectivity index (χ4v) is 2.58. The third-order valence-corrected chi connectivity index (χ3v) is 3.85. The Morgan fingerprint density at radius 1 is 1.27 bits per heavy atom. The number of amides is 1. The molecule has 114 valence electrons. The number of aliphatic hydroxyl groups is 2. The zero-order valence-corrected chi connectivity index (χ0v) is 12.0. The van der Waals surface area contributed by atoms with Crippen LogP contribution in [0.15, 0.2) is 42.7 Å². The van der Waals surface area contributed by atoms with Crippen LogP contribution in [0.3, 0.4) is 0 Å². The summed E-state index contributed by atoms with van der Waals surface area (Å²) in [4.78, 5) is 22.4. The topological polar surface area (TPSA) is 86.6 Å². The Kier molecular flexibility index (Phi) is 3.87. The Balaban J connectivity index is 1.83. The minimum atomic E-state index is -1.18. The highest BCUT2D eigenvalue weighted by Crippen LogP contribution is 2.23. The van der Waals surface area contributed by atoms with Crippen molar-refractivity contribution in [3.63, 3.8) is 0 Å². The smallest absolute Gasteiger partial charge is 0.253 e. The highest BCUT2D eigenvalue weighted by Gasteiger charge is 2.37. The molecular formula is C16H17N3O3. The largest absolute Gasteiger partial charge is 0.393 e. The van der Waals surface area contributed by atoms with Crippen molar-refractivity contribution < 1.29 is 15.0 Å². The van der Waals surface area contributed by atoms with Gasteiger partial charge in [-0.15, -0.1) is 0 Å². The Morgan fingerprint density at radius 3 is 2.73 bits per heavy atom. The van der Waals surface area contributed by atoms with Crippen LogP contribution in [0.25, 0.3) is 11.4 Å². The summed E-state index contributed by atoms with van der Waals surface area (Å²) >= 11 is 0. The van der Waals surface area contributed by atoms with Gasteiger partial charge in [0.05, 0.1) is 13.2 Å². The number of aromatic nitrogens is 2. The predicted octanol–water partition coefficient (Wildman–Crippen LogP) is 0.713. The van der Waals surface area contributed by atoms with Gasteiger partial charge in [-0.2, -0.15) is 0 Å². The number of hydrogen-bond donors (Lipinski definition) is 2. The van der Waals surface area contributed by atoms with Crippen molar-refractivity contribution in [3.8, 4) is 11.4 Å². The maximum atomic E-state index is 12.5. The summed E-state index contributed by atoms with van der Waals surface area (Å²) < 4.78 is 0. The number of nitrogens with zero attached hydrogens (tertiary/aromatic N) is 3. The van der Waals surface area contributed by atoms with Gasteiger partial charge in [-0.1, -0.05) is 12.1 Å². The van der Waals surface area contributed by atoms with Crippen LogP contribution >= 0.6 is 0 Å². The summed E-state index contributed by atoms with van der Waals surface area (Å²) in [5, 5.41) is 19.2. The number of rotatable bonds is 3. The van der Waals surface area contributed by atoms with Gasteiger partial charge in [-0.05, 0) is 24.6 Å². The molecule has 1 fully saturated rings. The first-order valence-corrected chi connectivity index (χ1v) is 7.11. The molecule has 1 aromatic heterocycles. The molecule has 2 N–H and O–H groups in total. The summed E-state index contributed by atoms with van der Waals surface area (Å²) in [7, 11) is 0. The van der Waals surface area contributed by atoms with Crippen molar-refractivity contribution in [2.24, 2.45) is 0 Å². The molecule has 3 rings (SSSR count). The zero-order chi connectivity index (χ0) is 15.6. The third kappa shape index (κ3) is 2.84. The molecular weight excluding hydrogens is 282 g/mol. The number of carbonyl (C=O) groups is 1. The molecule has 1 unspecified atom stereocenters. The SMILES string of the molecule is O=C(c1cccc(-c2ncccn2)c1)N1CCC(O)(CO)C1. The molecule has 22 heavy (non-hydrogen) atoms. The maximum Gasteiger partial charge on any atom is 0.253 e. The van der Waals surface area contributed by atoms with E-state index < -0.39 is 5.60 Å². The molecule has 0 spiro atoms. The van der Waals surface area contributed by atoms with Crippen LogP contribution in [0.5, 0.6) is 0 Å². The van der Waals surface area contributed by atoms with E-state index in [1.807, 2.05) is 6.07 Å². The van der Waals surface area contributed by atoms with E-state index in [1.165, 1.54) is 0 Å². The van der Waals surface area contributed by atoms with Crippen molar-refractivity contribution in [2.75, 3.05) is 19.7 Å². The van der Waals surface area contributed by atoms with E-state index in [1.54, 1.807) is 41.6 Å². The van der Waals surface area contributed by atoms with Gasteiger partial charge >= 0.3 is 0 Å². The van der Waals surface area contributed by atoms with E-state index in [-0.39, 0.29) is 19.1 Å². The van der Waals surface area contributed by atoms with Gasteiger partial charge < -0.3 is 15.1 Å². The molecule has 1 aliphatic rings. The van der Waals surface area contributed by atoms with Gasteiger partial charge in [0.2, 0.25) is 0 Å². The zero-order valence-electron chi connectivity index (χ0n) is 12.0. The normalized spacial score (nSPS) is 21.1. The molecule has 0 aliphatic carbocycles. The molecule has 0 bridgehead atoms. The Hall–Kier alpha value is -2.31. The molecule has 1 amide bonds. The average molecular weight is 299 g/mol. The van der Waals surface area contributed by atoms with E-state index in [0.29, 0.717) is 24.4 Å². The van der Waals surface area contributed by atoms with Crippen molar-refractivity contribution in [1.29, 1.82) is 0 Å². The molecule has 0 radical (unpaired) electrons. The molecule has 1 saturated heterocycles. The number of likely N-dealkylation sites (tertiary alicyclic amines) is 1. The number of β-amino-alcohol motifs (C(OH)–C–C–N with tert-alkyl or cyclic N) is 1. The highest BCUT2D eigenvalue weighted by atomic mass is 16.3. The van der Waals surface area contributed by atoms with E-state index in [2.05, 4.69) is 9.97 Å². The van der Waals surface area contributed by atoms with Crippen molar-refractivity contribution in [1.82, 2.24) is 14.9 Å². The molecule has 6 heteroatoms. The molecule has 1 aliphatic heterocycles. The Morgan fingerprint density at radius 2 is 2.05 bits per heavy atom. The first-order chi connectivity index (χ1) is 10.6. The predicted molar refractivity (Wildman–Crippen MR) is 80.0 cm³/mol. The van der Waals surface area contributed by atoms with E-state index in [4.69, 9.17) is 0 Å². The average Bonchev–Trinajstić information content (AvgIpc) is 2.98. The van der Waals surface area contributed by atoms with Gasteiger partial charge in [0.25, 0.3) is 5.91 Å². The second-order valence-electron chi connectivity index (χ2n) is 5.51. The summed E-state index contributed by atoms with van der Waals surface area (Å²) in [5.41, 5.74) is 0.103. The molecule has 1 aromatic carbocycles. The number of carbonyl (C=O) groups excluding carboxylic acids is 1. The molecule has 2 aromatic rings. The summed E-state index contributed by atoms with van der Waals surface area (Å²) in [5.74, 6) is 0.396. The Labute approximate surface area is 128 Å². The summed E-state index contributed by atoms with van der Waals surface area (Å²) in [6, 6.07) is 8.84. The van der Waals surface area contributed by atoms with Crippen LogP contribution in [-0.2, 0) is 0 Å². The van der Waals surface area contributed by atoms with Crippen molar-refractivity contribution in [3.05, 3.63) is 48.3 Å². The summed E-state index contributed by atoms with van der Waals surface area (Å²) in [6.45, 7) is 0.241. The van der Waals surface area contributed by atoms with Crippen LogP contribution in [0.4, 0.5) is 0 Å².